The predicted molar refractivity (Wildman–Crippen MR) is 106 cm³/mol. The third-order valence-electron chi connectivity index (χ3n) is 4.95. The molecule has 0 aliphatic carbocycles. The van der Waals surface area contributed by atoms with Gasteiger partial charge in [0, 0.05) is 43.7 Å². The molecule has 0 spiro atoms. The van der Waals surface area contributed by atoms with Crippen LogP contribution in [0.1, 0.15) is 29.6 Å². The number of rotatable bonds is 6. The summed E-state index contributed by atoms with van der Waals surface area (Å²) in [5.41, 5.74) is 0.343. The van der Waals surface area contributed by atoms with Crippen LogP contribution in [0.4, 0.5) is 0 Å². The fourth-order valence-corrected chi connectivity index (χ4v) is 5.31. The van der Waals surface area contributed by atoms with E-state index in [1.165, 1.54) is 10.4 Å². The van der Waals surface area contributed by atoms with Gasteiger partial charge in [-0.15, -0.1) is 0 Å². The summed E-state index contributed by atoms with van der Waals surface area (Å²) in [6, 6.07) is 4.66. The number of sulfonamides is 1. The lowest BCUT2D eigenvalue weighted by molar-refractivity contribution is 0.0383. The number of hydrogen-bond donors (Lipinski definition) is 1. The summed E-state index contributed by atoms with van der Waals surface area (Å²) in [6.07, 6.45) is 2.82. The number of ether oxygens (including phenoxy) is 1. The molecule has 2 saturated heterocycles. The Hall–Kier alpha value is -1.00. The van der Waals surface area contributed by atoms with E-state index in [-0.39, 0.29) is 10.8 Å². The van der Waals surface area contributed by atoms with Crippen molar-refractivity contribution in [3.8, 4) is 0 Å². The van der Waals surface area contributed by atoms with Gasteiger partial charge in [-0.3, -0.25) is 9.69 Å². The zero-order valence-corrected chi connectivity index (χ0v) is 17.7. The summed E-state index contributed by atoms with van der Waals surface area (Å²) in [4.78, 5) is 15.0. The first kappa shape index (κ1) is 20.7. The monoisotopic (exact) mass is 459 g/mol. The van der Waals surface area contributed by atoms with Gasteiger partial charge in [-0.1, -0.05) is 6.42 Å². The van der Waals surface area contributed by atoms with Gasteiger partial charge in [0.1, 0.15) is 0 Å². The number of carbonyl (C=O) groups is 1. The second-order valence-corrected chi connectivity index (χ2v) is 9.61. The molecule has 0 aromatic heterocycles. The Kier molecular flexibility index (Phi) is 7.27. The molecule has 2 aliphatic rings. The fourth-order valence-electron chi connectivity index (χ4n) is 3.34. The lowest BCUT2D eigenvalue weighted by atomic mass is 10.2. The zero-order chi connectivity index (χ0) is 19.3. The summed E-state index contributed by atoms with van der Waals surface area (Å²) in [7, 11) is -3.56. The van der Waals surface area contributed by atoms with Gasteiger partial charge in [-0.2, -0.15) is 4.31 Å². The van der Waals surface area contributed by atoms with E-state index in [9.17, 15) is 13.2 Å². The number of amides is 1. The van der Waals surface area contributed by atoms with E-state index >= 15 is 0 Å². The molecule has 0 bridgehead atoms. The summed E-state index contributed by atoms with van der Waals surface area (Å²) in [6.45, 7) is 5.50. The van der Waals surface area contributed by atoms with Crippen molar-refractivity contribution < 1.29 is 17.9 Å². The van der Waals surface area contributed by atoms with Crippen molar-refractivity contribution in [3.05, 3.63) is 28.2 Å². The number of piperidine rings is 1. The third-order valence-corrected chi connectivity index (χ3v) is 7.54. The molecular weight excluding hydrogens is 434 g/mol. The molecule has 27 heavy (non-hydrogen) atoms. The van der Waals surface area contributed by atoms with Gasteiger partial charge < -0.3 is 10.1 Å². The van der Waals surface area contributed by atoms with Crippen LogP contribution in [0.25, 0.3) is 0 Å². The number of nitrogens with one attached hydrogen (secondary N) is 1. The molecule has 150 valence electrons. The lowest BCUT2D eigenvalue weighted by Gasteiger charge is -2.26. The van der Waals surface area contributed by atoms with Crippen molar-refractivity contribution >= 4 is 31.9 Å². The first-order valence-electron chi connectivity index (χ1n) is 9.36. The topological polar surface area (TPSA) is 79.0 Å². The Morgan fingerprint density at radius 3 is 2.52 bits per heavy atom. The summed E-state index contributed by atoms with van der Waals surface area (Å²) < 4.78 is 33.1. The number of halogens is 1. The van der Waals surface area contributed by atoms with Crippen LogP contribution in [0.2, 0.25) is 0 Å². The second-order valence-electron chi connectivity index (χ2n) is 6.82. The summed E-state index contributed by atoms with van der Waals surface area (Å²) in [5.74, 6) is -0.272. The maximum atomic E-state index is 12.9. The SMILES string of the molecule is O=C(NCCN1CCOCC1)c1cc(S(=O)(=O)N2CCCCC2)ccc1Br. The Morgan fingerprint density at radius 2 is 1.81 bits per heavy atom. The lowest BCUT2D eigenvalue weighted by Crippen LogP contribution is -2.41. The molecule has 1 N–H and O–H groups in total. The van der Waals surface area contributed by atoms with Crippen molar-refractivity contribution in [2.75, 3.05) is 52.5 Å². The molecule has 3 rings (SSSR count). The molecule has 1 aromatic rings. The molecular formula is C18H26BrN3O4S. The van der Waals surface area contributed by atoms with Crippen molar-refractivity contribution in [1.29, 1.82) is 0 Å². The Bertz CT molecular complexity index is 760. The highest BCUT2D eigenvalue weighted by atomic mass is 79.9. The quantitative estimate of drug-likeness (QED) is 0.699. The highest BCUT2D eigenvalue weighted by Crippen LogP contribution is 2.25. The minimum absolute atomic E-state index is 0.172. The zero-order valence-electron chi connectivity index (χ0n) is 15.3. The Balaban J connectivity index is 1.66. The second kappa shape index (κ2) is 9.47. The van der Waals surface area contributed by atoms with Gasteiger partial charge in [0.15, 0.2) is 0 Å². The molecule has 2 fully saturated rings. The van der Waals surface area contributed by atoms with Gasteiger partial charge in [0.05, 0.1) is 23.7 Å². The van der Waals surface area contributed by atoms with Gasteiger partial charge >= 0.3 is 0 Å². The molecule has 7 nitrogen and oxygen atoms in total. The van der Waals surface area contributed by atoms with Crippen LogP contribution in [0.15, 0.2) is 27.6 Å². The van der Waals surface area contributed by atoms with Gasteiger partial charge in [-0.05, 0) is 47.0 Å². The number of morpholine rings is 1. The molecule has 0 atom stereocenters. The third kappa shape index (κ3) is 5.29. The number of carbonyl (C=O) groups excluding carboxylic acids is 1. The van der Waals surface area contributed by atoms with Crippen LogP contribution in [0.3, 0.4) is 0 Å². The smallest absolute Gasteiger partial charge is 0.252 e. The summed E-state index contributed by atoms with van der Waals surface area (Å²) in [5, 5.41) is 2.89. The van der Waals surface area contributed by atoms with E-state index in [2.05, 4.69) is 26.1 Å². The highest BCUT2D eigenvalue weighted by Gasteiger charge is 2.27. The minimum atomic E-state index is -3.56. The molecule has 1 aromatic carbocycles. The van der Waals surface area contributed by atoms with Crippen LogP contribution < -0.4 is 5.32 Å². The number of nitrogens with zero attached hydrogens (tertiary/aromatic N) is 2. The molecule has 0 unspecified atom stereocenters. The average molecular weight is 460 g/mol. The van der Waals surface area contributed by atoms with Gasteiger partial charge in [-0.25, -0.2) is 8.42 Å². The van der Waals surface area contributed by atoms with Crippen LogP contribution in [0.5, 0.6) is 0 Å². The summed E-state index contributed by atoms with van der Waals surface area (Å²) >= 11 is 3.37. The first-order valence-corrected chi connectivity index (χ1v) is 11.6. The normalized spacial score (nSPS) is 19.7. The van der Waals surface area contributed by atoms with E-state index < -0.39 is 10.0 Å². The van der Waals surface area contributed by atoms with Gasteiger partial charge in [0.2, 0.25) is 10.0 Å². The van der Waals surface area contributed by atoms with Crippen LogP contribution >= 0.6 is 15.9 Å². The minimum Gasteiger partial charge on any atom is -0.379 e. The molecule has 0 saturated carbocycles. The number of hydrogen-bond acceptors (Lipinski definition) is 5. The number of benzene rings is 1. The van der Waals surface area contributed by atoms with Crippen LogP contribution in [0, 0.1) is 0 Å². The van der Waals surface area contributed by atoms with Crippen LogP contribution in [-0.2, 0) is 14.8 Å². The fraction of sp³-hybridized carbons (Fsp3) is 0.611. The maximum absolute atomic E-state index is 12.9. The van der Waals surface area contributed by atoms with E-state index in [0.717, 1.165) is 52.1 Å². The van der Waals surface area contributed by atoms with Crippen molar-refractivity contribution in [1.82, 2.24) is 14.5 Å². The van der Waals surface area contributed by atoms with E-state index in [4.69, 9.17) is 4.74 Å². The van der Waals surface area contributed by atoms with Crippen molar-refractivity contribution in [3.63, 3.8) is 0 Å². The highest BCUT2D eigenvalue weighted by molar-refractivity contribution is 9.10. The Labute approximate surface area is 169 Å². The maximum Gasteiger partial charge on any atom is 0.252 e. The van der Waals surface area contributed by atoms with Crippen molar-refractivity contribution in [2.24, 2.45) is 0 Å². The molecule has 2 aliphatic heterocycles. The van der Waals surface area contributed by atoms with Gasteiger partial charge in [0.25, 0.3) is 5.91 Å². The average Bonchev–Trinajstić information content (AvgIpc) is 2.69. The van der Waals surface area contributed by atoms with Crippen molar-refractivity contribution in [2.45, 2.75) is 24.2 Å². The predicted octanol–water partition coefficient (Wildman–Crippen LogP) is 1.69. The largest absolute Gasteiger partial charge is 0.379 e. The molecule has 1 amide bonds. The molecule has 9 heteroatoms. The van der Waals surface area contributed by atoms with E-state index in [1.807, 2.05) is 0 Å². The first-order chi connectivity index (χ1) is 13.0. The van der Waals surface area contributed by atoms with E-state index in [1.54, 1.807) is 12.1 Å². The van der Waals surface area contributed by atoms with Crippen LogP contribution in [-0.4, -0.2) is 76.0 Å². The van der Waals surface area contributed by atoms with E-state index in [0.29, 0.717) is 29.7 Å². The Morgan fingerprint density at radius 1 is 1.11 bits per heavy atom. The standard InChI is InChI=1S/C18H26BrN3O4S/c19-17-5-4-15(27(24,25)22-7-2-1-3-8-22)14-16(17)18(23)20-6-9-21-10-12-26-13-11-21/h4-5,14H,1-3,6-13H2,(H,20,23). The molecule has 0 radical (unpaired) electrons. The molecule has 2 heterocycles.